The Kier molecular flexibility index (Phi) is 4.90. The third-order valence-electron chi connectivity index (χ3n) is 2.44. The van der Waals surface area contributed by atoms with Crippen LogP contribution in [0.1, 0.15) is 16.8 Å². The number of carbonyl (C=O) groups is 1. The number of methoxy groups -OCH3 is 1. The molecule has 0 unspecified atom stereocenters. The monoisotopic (exact) mass is 241 g/mol. The molecule has 0 spiro atoms. The number of benzene rings is 1. The van der Waals surface area contributed by atoms with Crippen molar-refractivity contribution in [3.63, 3.8) is 0 Å². The predicted molar refractivity (Wildman–Crippen MR) is 63.1 cm³/mol. The highest BCUT2D eigenvalue weighted by Gasteiger charge is 2.14. The van der Waals surface area contributed by atoms with Gasteiger partial charge in [0.15, 0.2) is 0 Å². The first-order valence-corrected chi connectivity index (χ1v) is 5.29. The minimum Gasteiger partial charge on any atom is -0.478 e. The molecule has 0 fully saturated rings. The lowest BCUT2D eigenvalue weighted by atomic mass is 10.1. The number of halogens is 1. The number of ether oxygens (including phenoxy) is 1. The molecule has 0 aromatic heterocycles. The molecule has 1 rings (SSSR count). The third-order valence-corrected chi connectivity index (χ3v) is 2.44. The van der Waals surface area contributed by atoms with Gasteiger partial charge in [-0.1, -0.05) is 0 Å². The van der Waals surface area contributed by atoms with Crippen molar-refractivity contribution in [1.29, 1.82) is 0 Å². The fraction of sp³-hybridized carbons (Fsp3) is 0.417. The average Bonchev–Trinajstić information content (AvgIpc) is 2.29. The second-order valence-corrected chi connectivity index (χ2v) is 3.73. The Labute approximate surface area is 99.6 Å². The number of carboxylic acids is 1. The van der Waals surface area contributed by atoms with Gasteiger partial charge in [-0.2, -0.15) is 0 Å². The van der Waals surface area contributed by atoms with Crippen LogP contribution in [0.15, 0.2) is 18.2 Å². The van der Waals surface area contributed by atoms with E-state index in [1.165, 1.54) is 12.1 Å². The van der Waals surface area contributed by atoms with Crippen LogP contribution in [0.2, 0.25) is 0 Å². The summed E-state index contributed by atoms with van der Waals surface area (Å²) in [5.41, 5.74) is 0.486. The van der Waals surface area contributed by atoms with E-state index < -0.39 is 11.8 Å². The summed E-state index contributed by atoms with van der Waals surface area (Å²) in [6.07, 6.45) is 0.781. The number of hydrogen-bond donors (Lipinski definition) is 1. The average molecular weight is 241 g/mol. The highest BCUT2D eigenvalue weighted by Crippen LogP contribution is 2.20. The highest BCUT2D eigenvalue weighted by atomic mass is 19.1. The van der Waals surface area contributed by atoms with Crippen molar-refractivity contribution in [2.24, 2.45) is 0 Å². The first-order chi connectivity index (χ1) is 8.06. The van der Waals surface area contributed by atoms with Crippen LogP contribution >= 0.6 is 0 Å². The van der Waals surface area contributed by atoms with E-state index in [9.17, 15) is 9.18 Å². The van der Waals surface area contributed by atoms with E-state index in [4.69, 9.17) is 9.84 Å². The molecule has 94 valence electrons. The Morgan fingerprint density at radius 3 is 2.82 bits per heavy atom. The molecule has 0 saturated carbocycles. The molecule has 17 heavy (non-hydrogen) atoms. The fourth-order valence-corrected chi connectivity index (χ4v) is 1.58. The molecule has 5 heteroatoms. The fourth-order valence-electron chi connectivity index (χ4n) is 1.58. The molecular formula is C12H16FNO3. The topological polar surface area (TPSA) is 49.8 Å². The molecule has 1 N–H and O–H groups in total. The highest BCUT2D eigenvalue weighted by molar-refractivity contribution is 5.94. The van der Waals surface area contributed by atoms with Crippen molar-refractivity contribution in [2.75, 3.05) is 32.2 Å². The minimum atomic E-state index is -1.13. The molecule has 0 heterocycles. The summed E-state index contributed by atoms with van der Waals surface area (Å²) in [4.78, 5) is 12.8. The van der Waals surface area contributed by atoms with Gasteiger partial charge in [-0.3, -0.25) is 0 Å². The minimum absolute atomic E-state index is 0.0232. The Balaban J connectivity index is 2.84. The smallest absolute Gasteiger partial charge is 0.337 e. The Hall–Kier alpha value is -1.62. The van der Waals surface area contributed by atoms with Gasteiger partial charge in [0.2, 0.25) is 0 Å². The van der Waals surface area contributed by atoms with Crippen LogP contribution < -0.4 is 4.90 Å². The number of anilines is 1. The lowest BCUT2D eigenvalue weighted by molar-refractivity contribution is 0.0697. The van der Waals surface area contributed by atoms with Gasteiger partial charge in [0.05, 0.1) is 11.3 Å². The standard InChI is InChI=1S/C12H16FNO3/c1-14(6-3-7-17-2)11-5-4-9(13)8-10(11)12(15)16/h4-5,8H,3,6-7H2,1-2H3,(H,15,16). The Bertz CT molecular complexity index is 395. The summed E-state index contributed by atoms with van der Waals surface area (Å²) < 4.78 is 17.9. The maximum Gasteiger partial charge on any atom is 0.337 e. The van der Waals surface area contributed by atoms with Crippen LogP contribution in [0.5, 0.6) is 0 Å². The summed E-state index contributed by atoms with van der Waals surface area (Å²) in [7, 11) is 3.38. The molecule has 0 amide bonds. The lowest BCUT2D eigenvalue weighted by Crippen LogP contribution is -2.22. The lowest BCUT2D eigenvalue weighted by Gasteiger charge is -2.21. The van der Waals surface area contributed by atoms with Crippen LogP contribution in [-0.4, -0.2) is 38.4 Å². The second kappa shape index (κ2) is 6.20. The Morgan fingerprint density at radius 1 is 1.53 bits per heavy atom. The number of nitrogens with zero attached hydrogens (tertiary/aromatic N) is 1. The van der Waals surface area contributed by atoms with Crippen molar-refractivity contribution >= 4 is 11.7 Å². The molecule has 0 aliphatic rings. The van der Waals surface area contributed by atoms with Crippen LogP contribution in [0.4, 0.5) is 10.1 Å². The largest absolute Gasteiger partial charge is 0.478 e. The van der Waals surface area contributed by atoms with E-state index >= 15 is 0 Å². The maximum atomic E-state index is 13.0. The van der Waals surface area contributed by atoms with E-state index in [2.05, 4.69) is 0 Å². The molecule has 0 aliphatic heterocycles. The van der Waals surface area contributed by atoms with E-state index in [0.29, 0.717) is 18.8 Å². The van der Waals surface area contributed by atoms with E-state index in [-0.39, 0.29) is 5.56 Å². The van der Waals surface area contributed by atoms with Crippen LogP contribution in [-0.2, 0) is 4.74 Å². The predicted octanol–water partition coefficient (Wildman–Crippen LogP) is 2.00. The van der Waals surface area contributed by atoms with Crippen LogP contribution in [0, 0.1) is 5.82 Å². The van der Waals surface area contributed by atoms with Gasteiger partial charge < -0.3 is 14.7 Å². The molecule has 0 radical (unpaired) electrons. The van der Waals surface area contributed by atoms with Gasteiger partial charge >= 0.3 is 5.97 Å². The number of hydrogen-bond acceptors (Lipinski definition) is 3. The SMILES string of the molecule is COCCCN(C)c1ccc(F)cc1C(=O)O. The van der Waals surface area contributed by atoms with Gasteiger partial charge in [0.1, 0.15) is 5.82 Å². The van der Waals surface area contributed by atoms with E-state index in [1.807, 2.05) is 0 Å². The summed E-state index contributed by atoms with van der Waals surface area (Å²) in [6, 6.07) is 3.77. The Morgan fingerprint density at radius 2 is 2.24 bits per heavy atom. The molecule has 0 saturated heterocycles. The van der Waals surface area contributed by atoms with E-state index in [1.54, 1.807) is 19.1 Å². The summed E-state index contributed by atoms with van der Waals surface area (Å²) in [5.74, 6) is -1.67. The van der Waals surface area contributed by atoms with Crippen molar-refractivity contribution < 1.29 is 19.0 Å². The maximum absolute atomic E-state index is 13.0. The number of carboxylic acid groups (broad SMARTS) is 1. The molecule has 0 aliphatic carbocycles. The summed E-state index contributed by atoms with van der Waals surface area (Å²) in [5, 5.41) is 8.99. The summed E-state index contributed by atoms with van der Waals surface area (Å²) >= 11 is 0. The van der Waals surface area contributed by atoms with Crippen molar-refractivity contribution in [3.8, 4) is 0 Å². The zero-order chi connectivity index (χ0) is 12.8. The van der Waals surface area contributed by atoms with Crippen molar-refractivity contribution in [1.82, 2.24) is 0 Å². The number of aromatic carboxylic acids is 1. The first kappa shape index (κ1) is 13.4. The zero-order valence-electron chi connectivity index (χ0n) is 9.94. The third kappa shape index (κ3) is 3.71. The normalized spacial score (nSPS) is 10.3. The van der Waals surface area contributed by atoms with Gasteiger partial charge in [-0.05, 0) is 24.6 Å². The molecular weight excluding hydrogens is 225 g/mol. The summed E-state index contributed by atoms with van der Waals surface area (Å²) in [6.45, 7) is 1.26. The van der Waals surface area contributed by atoms with Crippen molar-refractivity contribution in [3.05, 3.63) is 29.6 Å². The number of rotatable bonds is 6. The first-order valence-electron chi connectivity index (χ1n) is 5.29. The molecule has 4 nitrogen and oxygen atoms in total. The molecule has 1 aromatic carbocycles. The van der Waals surface area contributed by atoms with Crippen LogP contribution in [0.25, 0.3) is 0 Å². The van der Waals surface area contributed by atoms with Crippen LogP contribution in [0.3, 0.4) is 0 Å². The van der Waals surface area contributed by atoms with E-state index in [0.717, 1.165) is 12.5 Å². The van der Waals surface area contributed by atoms with Gasteiger partial charge in [0.25, 0.3) is 0 Å². The zero-order valence-corrected chi connectivity index (χ0v) is 9.94. The van der Waals surface area contributed by atoms with Gasteiger partial charge in [-0.15, -0.1) is 0 Å². The van der Waals surface area contributed by atoms with Gasteiger partial charge in [-0.25, -0.2) is 9.18 Å². The van der Waals surface area contributed by atoms with Gasteiger partial charge in [0, 0.05) is 27.3 Å². The molecule has 0 bridgehead atoms. The quantitative estimate of drug-likeness (QED) is 0.774. The van der Waals surface area contributed by atoms with Crippen molar-refractivity contribution in [2.45, 2.75) is 6.42 Å². The molecule has 1 aromatic rings. The second-order valence-electron chi connectivity index (χ2n) is 3.73. The molecule has 0 atom stereocenters.